The van der Waals surface area contributed by atoms with Crippen molar-refractivity contribution in [2.75, 3.05) is 13.2 Å². The molecule has 2 aromatic rings. The minimum Gasteiger partial charge on any atom is -0.494 e. The van der Waals surface area contributed by atoms with Gasteiger partial charge in [0.15, 0.2) is 0 Å². The van der Waals surface area contributed by atoms with Crippen molar-refractivity contribution in [1.82, 2.24) is 0 Å². The maximum Gasteiger partial charge on any atom is 0.119 e. The maximum absolute atomic E-state index is 10.8. The number of benzene rings is 2. The molecular weight excluding hydrogens is 552 g/mol. The van der Waals surface area contributed by atoms with E-state index in [0.29, 0.717) is 13.2 Å². The average molecular weight is 611 g/mol. The van der Waals surface area contributed by atoms with E-state index >= 15 is 0 Å². The summed E-state index contributed by atoms with van der Waals surface area (Å²) in [5.74, 6) is 1.87. The molecule has 0 spiro atoms. The predicted octanol–water partition coefficient (Wildman–Crippen LogP) is 7.99. The molecule has 2 N–H and O–H groups in total. The minimum atomic E-state index is -0.431. The summed E-state index contributed by atoms with van der Waals surface area (Å²) in [7, 11) is 0. The normalized spacial score (nSPS) is 23.1. The summed E-state index contributed by atoms with van der Waals surface area (Å²) < 4.78 is 24.3. The second-order valence-corrected chi connectivity index (χ2v) is 12.9. The standard InChI is InChI=1S/C38H58O6/c1-3-11-29-15-19-31(20-16-29)41-27-9-5-7-13-33(39)35-23-25-37(43-35)38-26-24-36(44-38)34(40)14-8-6-10-28-42-32-21-17-30(12-4-2)18-22-32/h15-22,33-40H,3-14,23-28H2,1-2H3/t33-,34-,35-,36+,37+,38-/m0/s1. The SMILES string of the molecule is CCCc1ccc(OCCCCC[C@H](O)[C@@H]2CC[C@H]([C@@H]3CC[C@H]([C@@H](O)CCCCCOc4ccc(CCC)cc4)O3)O2)cc1. The molecule has 2 fully saturated rings. The van der Waals surface area contributed by atoms with Crippen molar-refractivity contribution in [3.8, 4) is 11.5 Å². The van der Waals surface area contributed by atoms with Gasteiger partial charge in [-0.25, -0.2) is 0 Å². The average Bonchev–Trinajstić information content (AvgIpc) is 3.73. The smallest absolute Gasteiger partial charge is 0.119 e. The van der Waals surface area contributed by atoms with Gasteiger partial charge in [0.25, 0.3) is 0 Å². The fourth-order valence-corrected chi connectivity index (χ4v) is 6.59. The molecule has 0 unspecified atom stereocenters. The molecule has 6 heteroatoms. The van der Waals surface area contributed by atoms with Crippen LogP contribution < -0.4 is 9.47 Å². The third-order valence-electron chi connectivity index (χ3n) is 9.19. The first-order valence-corrected chi connectivity index (χ1v) is 17.7. The van der Waals surface area contributed by atoms with Gasteiger partial charge in [0.2, 0.25) is 0 Å². The first-order valence-electron chi connectivity index (χ1n) is 17.7. The molecule has 6 atom stereocenters. The molecule has 0 saturated carbocycles. The van der Waals surface area contributed by atoms with Crippen LogP contribution in [0.2, 0.25) is 0 Å². The molecule has 4 rings (SSSR count). The summed E-state index contributed by atoms with van der Waals surface area (Å²) in [4.78, 5) is 0. The van der Waals surface area contributed by atoms with Crippen LogP contribution in [0.15, 0.2) is 48.5 Å². The first-order chi connectivity index (χ1) is 21.6. The van der Waals surface area contributed by atoms with Gasteiger partial charge in [0, 0.05) is 0 Å². The van der Waals surface area contributed by atoms with Crippen molar-refractivity contribution in [2.45, 2.75) is 153 Å². The number of hydrogen-bond acceptors (Lipinski definition) is 6. The van der Waals surface area contributed by atoms with Gasteiger partial charge in [-0.05, 0) is 112 Å². The van der Waals surface area contributed by atoms with E-state index in [1.165, 1.54) is 11.1 Å². The van der Waals surface area contributed by atoms with Crippen molar-refractivity contribution in [1.29, 1.82) is 0 Å². The number of aliphatic hydroxyl groups excluding tert-OH is 2. The monoisotopic (exact) mass is 610 g/mol. The summed E-state index contributed by atoms with van der Waals surface area (Å²) in [5.41, 5.74) is 2.71. The number of hydrogen-bond donors (Lipinski definition) is 2. The molecule has 6 nitrogen and oxygen atoms in total. The van der Waals surface area contributed by atoms with Gasteiger partial charge in [0.1, 0.15) is 11.5 Å². The molecule has 2 aliphatic heterocycles. The predicted molar refractivity (Wildman–Crippen MR) is 177 cm³/mol. The Hall–Kier alpha value is -2.12. The van der Waals surface area contributed by atoms with E-state index in [9.17, 15) is 10.2 Å². The zero-order valence-corrected chi connectivity index (χ0v) is 27.3. The summed E-state index contributed by atoms with van der Waals surface area (Å²) in [5, 5.41) is 21.5. The zero-order valence-electron chi connectivity index (χ0n) is 27.3. The van der Waals surface area contributed by atoms with Crippen molar-refractivity contribution in [2.24, 2.45) is 0 Å². The lowest BCUT2D eigenvalue weighted by atomic mass is 10.0. The van der Waals surface area contributed by atoms with Crippen molar-refractivity contribution < 1.29 is 29.2 Å². The van der Waals surface area contributed by atoms with Crippen LogP contribution in [0.4, 0.5) is 0 Å². The third kappa shape index (κ3) is 11.7. The van der Waals surface area contributed by atoms with Gasteiger partial charge in [-0.1, -0.05) is 63.8 Å². The Bertz CT molecular complexity index is 941. The van der Waals surface area contributed by atoms with Gasteiger partial charge >= 0.3 is 0 Å². The highest BCUT2D eigenvalue weighted by molar-refractivity contribution is 5.28. The van der Waals surface area contributed by atoms with Crippen LogP contribution in [0.25, 0.3) is 0 Å². The fourth-order valence-electron chi connectivity index (χ4n) is 6.59. The first kappa shape index (κ1) is 34.7. The molecule has 44 heavy (non-hydrogen) atoms. The van der Waals surface area contributed by atoms with E-state index in [-0.39, 0.29) is 24.4 Å². The van der Waals surface area contributed by atoms with Crippen molar-refractivity contribution >= 4 is 0 Å². The minimum absolute atomic E-state index is 0.0251. The Kier molecular flexibility index (Phi) is 15.3. The summed E-state index contributed by atoms with van der Waals surface area (Å²) in [6.45, 7) is 5.81. The number of unbranched alkanes of at least 4 members (excludes halogenated alkanes) is 4. The number of ether oxygens (including phenoxy) is 4. The summed E-state index contributed by atoms with van der Waals surface area (Å²) >= 11 is 0. The zero-order chi connectivity index (χ0) is 31.0. The highest BCUT2D eigenvalue weighted by atomic mass is 16.6. The molecule has 2 heterocycles. The Morgan fingerprint density at radius 2 is 1.00 bits per heavy atom. The fraction of sp³-hybridized carbons (Fsp3) is 0.684. The van der Waals surface area contributed by atoms with Crippen LogP contribution in [0, 0.1) is 0 Å². The van der Waals surface area contributed by atoms with Gasteiger partial charge in [-0.2, -0.15) is 0 Å². The number of aryl methyl sites for hydroxylation is 2. The van der Waals surface area contributed by atoms with Crippen LogP contribution in [-0.2, 0) is 22.3 Å². The molecule has 2 aromatic carbocycles. The third-order valence-corrected chi connectivity index (χ3v) is 9.19. The molecule has 2 aliphatic rings. The molecule has 0 bridgehead atoms. The molecule has 0 amide bonds. The molecule has 0 radical (unpaired) electrons. The van der Waals surface area contributed by atoms with E-state index in [4.69, 9.17) is 18.9 Å². The summed E-state index contributed by atoms with van der Waals surface area (Å²) in [6, 6.07) is 16.8. The van der Waals surface area contributed by atoms with Crippen molar-refractivity contribution in [3.05, 3.63) is 59.7 Å². The highest BCUT2D eigenvalue weighted by Crippen LogP contribution is 2.34. The number of aliphatic hydroxyl groups is 2. The van der Waals surface area contributed by atoms with Crippen molar-refractivity contribution in [3.63, 3.8) is 0 Å². The Morgan fingerprint density at radius 1 is 0.591 bits per heavy atom. The van der Waals surface area contributed by atoms with E-state index < -0.39 is 12.2 Å². The van der Waals surface area contributed by atoms with Crippen LogP contribution >= 0.6 is 0 Å². The lowest BCUT2D eigenvalue weighted by Crippen LogP contribution is -2.33. The van der Waals surface area contributed by atoms with Gasteiger partial charge in [-0.3, -0.25) is 0 Å². The maximum atomic E-state index is 10.8. The van der Waals surface area contributed by atoms with E-state index in [1.54, 1.807) is 0 Å². The summed E-state index contributed by atoms with van der Waals surface area (Å²) in [6.07, 6.45) is 14.6. The second-order valence-electron chi connectivity index (χ2n) is 12.9. The Balaban J connectivity index is 1.01. The molecule has 246 valence electrons. The largest absolute Gasteiger partial charge is 0.494 e. The van der Waals surface area contributed by atoms with E-state index in [1.807, 2.05) is 0 Å². The van der Waals surface area contributed by atoms with Gasteiger partial charge < -0.3 is 29.2 Å². The van der Waals surface area contributed by atoms with Crippen LogP contribution in [-0.4, -0.2) is 60.1 Å². The highest BCUT2D eigenvalue weighted by Gasteiger charge is 2.40. The molecule has 2 saturated heterocycles. The quantitative estimate of drug-likeness (QED) is 0.140. The Labute approximate surface area is 266 Å². The van der Waals surface area contributed by atoms with Gasteiger partial charge in [0.05, 0.1) is 49.8 Å². The lowest BCUT2D eigenvalue weighted by Gasteiger charge is -2.24. The molecule has 0 aliphatic carbocycles. The van der Waals surface area contributed by atoms with Crippen LogP contribution in [0.3, 0.4) is 0 Å². The van der Waals surface area contributed by atoms with Gasteiger partial charge in [-0.15, -0.1) is 0 Å². The molecule has 0 aromatic heterocycles. The second kappa shape index (κ2) is 19.4. The van der Waals surface area contributed by atoms with E-state index in [2.05, 4.69) is 62.4 Å². The van der Waals surface area contributed by atoms with Crippen LogP contribution in [0.1, 0.15) is 115 Å². The lowest BCUT2D eigenvalue weighted by molar-refractivity contribution is -0.110. The molecular formula is C38H58O6. The van der Waals surface area contributed by atoms with Crippen LogP contribution in [0.5, 0.6) is 11.5 Å². The Morgan fingerprint density at radius 3 is 1.39 bits per heavy atom. The topological polar surface area (TPSA) is 77.4 Å². The number of rotatable bonds is 21. The van der Waals surface area contributed by atoms with E-state index in [0.717, 1.165) is 114 Å².